The lowest BCUT2D eigenvalue weighted by atomic mass is 10.1. The van der Waals surface area contributed by atoms with Gasteiger partial charge in [0.25, 0.3) is 0 Å². The molecule has 0 saturated carbocycles. The Morgan fingerprint density at radius 3 is 1.93 bits per heavy atom. The van der Waals surface area contributed by atoms with E-state index in [1.165, 1.54) is 20.3 Å². The van der Waals surface area contributed by atoms with E-state index in [2.05, 4.69) is 0 Å². The van der Waals surface area contributed by atoms with Gasteiger partial charge in [-0.25, -0.2) is 22.0 Å². The van der Waals surface area contributed by atoms with Gasteiger partial charge in [0, 0.05) is 12.1 Å². The SMILES string of the molecule is COc1ccc(NS(=O)(=O)C(=Cc2c(F)c(F)c(F)c(F)c2F)[N+](=O)[O-])cc1OC. The Labute approximate surface area is 165 Å². The fraction of sp³-hybridized carbons (Fsp3) is 0.125. The van der Waals surface area contributed by atoms with Crippen molar-refractivity contribution < 1.29 is 44.8 Å². The predicted molar refractivity (Wildman–Crippen MR) is 93.3 cm³/mol. The summed E-state index contributed by atoms with van der Waals surface area (Å²) in [7, 11) is -2.63. The van der Waals surface area contributed by atoms with Crippen molar-refractivity contribution in [3.63, 3.8) is 0 Å². The first-order chi connectivity index (χ1) is 13.9. The summed E-state index contributed by atoms with van der Waals surface area (Å²) in [6.07, 6.45) is -0.278. The van der Waals surface area contributed by atoms with Crippen LogP contribution in [0.5, 0.6) is 11.5 Å². The molecule has 1 N–H and O–H groups in total. The van der Waals surface area contributed by atoms with E-state index >= 15 is 0 Å². The van der Waals surface area contributed by atoms with Crippen LogP contribution < -0.4 is 14.2 Å². The fourth-order valence-electron chi connectivity index (χ4n) is 2.21. The molecule has 0 aliphatic carbocycles. The van der Waals surface area contributed by atoms with Crippen molar-refractivity contribution in [3.05, 3.63) is 68.0 Å². The highest BCUT2D eigenvalue weighted by Crippen LogP contribution is 2.31. The molecule has 162 valence electrons. The first kappa shape index (κ1) is 22.9. The first-order valence-corrected chi connectivity index (χ1v) is 9.05. The lowest BCUT2D eigenvalue weighted by molar-refractivity contribution is -0.410. The van der Waals surface area contributed by atoms with Crippen molar-refractivity contribution in [1.82, 2.24) is 0 Å². The smallest absolute Gasteiger partial charge is 0.379 e. The molecular weight excluding hydrogens is 443 g/mol. The molecule has 0 aliphatic rings. The highest BCUT2D eigenvalue weighted by molar-refractivity contribution is 7.96. The molecule has 0 aromatic heterocycles. The molecule has 0 fully saturated rings. The molecule has 2 rings (SSSR count). The third kappa shape index (κ3) is 4.27. The number of methoxy groups -OCH3 is 2. The third-order valence-corrected chi connectivity index (χ3v) is 4.92. The lowest BCUT2D eigenvalue weighted by Gasteiger charge is -2.11. The van der Waals surface area contributed by atoms with Crippen molar-refractivity contribution in [2.75, 3.05) is 18.9 Å². The van der Waals surface area contributed by atoms with Gasteiger partial charge in [0.15, 0.2) is 34.8 Å². The Bertz CT molecular complexity index is 1120. The number of nitro groups is 1. The van der Waals surface area contributed by atoms with Crippen LogP contribution in [0.1, 0.15) is 5.56 Å². The molecule has 0 heterocycles. The standard InChI is InChI=1S/C16H11F5N2O6S/c1-28-9-4-3-7(5-10(9)29-2)22-30(26,27)11(23(24)25)6-8-12(17)14(19)16(21)15(20)13(8)18/h3-6,22H,1-2H3. The molecule has 2 aromatic carbocycles. The lowest BCUT2D eigenvalue weighted by Crippen LogP contribution is -2.20. The monoisotopic (exact) mass is 454 g/mol. The summed E-state index contributed by atoms with van der Waals surface area (Å²) in [6.45, 7) is 0. The first-order valence-electron chi connectivity index (χ1n) is 7.57. The number of sulfonamides is 1. The summed E-state index contributed by atoms with van der Waals surface area (Å²) < 4.78 is 104. The molecular formula is C16H11F5N2O6S. The predicted octanol–water partition coefficient (Wildman–Crippen LogP) is 3.42. The van der Waals surface area contributed by atoms with E-state index in [4.69, 9.17) is 9.47 Å². The Kier molecular flexibility index (Phi) is 6.50. The number of halogens is 5. The normalized spacial score (nSPS) is 11.9. The van der Waals surface area contributed by atoms with E-state index in [-0.39, 0.29) is 23.3 Å². The largest absolute Gasteiger partial charge is 0.493 e. The molecule has 30 heavy (non-hydrogen) atoms. The van der Waals surface area contributed by atoms with Gasteiger partial charge < -0.3 is 9.47 Å². The van der Waals surface area contributed by atoms with Gasteiger partial charge in [0.2, 0.25) is 5.82 Å². The quantitative estimate of drug-likeness (QED) is 0.226. The molecule has 0 unspecified atom stereocenters. The number of rotatable bonds is 7. The maximum Gasteiger partial charge on any atom is 0.379 e. The van der Waals surface area contributed by atoms with Gasteiger partial charge in [-0.2, -0.15) is 8.42 Å². The van der Waals surface area contributed by atoms with Crippen molar-refractivity contribution in [3.8, 4) is 11.5 Å². The van der Waals surface area contributed by atoms with Crippen molar-refractivity contribution in [2.45, 2.75) is 0 Å². The van der Waals surface area contributed by atoms with Gasteiger partial charge in [-0.05, 0) is 12.1 Å². The zero-order chi connectivity index (χ0) is 22.8. The van der Waals surface area contributed by atoms with Crippen LogP contribution in [0.15, 0.2) is 23.2 Å². The Hall–Kier alpha value is -3.42. The summed E-state index contributed by atoms with van der Waals surface area (Å²) >= 11 is 0. The molecule has 14 heteroatoms. The second-order valence-corrected chi connectivity index (χ2v) is 7.03. The van der Waals surface area contributed by atoms with Crippen molar-refractivity contribution >= 4 is 21.8 Å². The summed E-state index contributed by atoms with van der Waals surface area (Å²) in [5.41, 5.74) is -2.08. The van der Waals surface area contributed by atoms with E-state index in [1.807, 2.05) is 0 Å². The number of nitrogens with zero attached hydrogens (tertiary/aromatic N) is 1. The average Bonchev–Trinajstić information content (AvgIpc) is 2.69. The van der Waals surface area contributed by atoms with E-state index < -0.39 is 54.6 Å². The van der Waals surface area contributed by atoms with Crippen molar-refractivity contribution in [1.29, 1.82) is 0 Å². The van der Waals surface area contributed by atoms with Gasteiger partial charge in [-0.3, -0.25) is 14.8 Å². The summed E-state index contributed by atoms with van der Waals surface area (Å²) in [5.74, 6) is -12.0. The summed E-state index contributed by atoms with van der Waals surface area (Å²) in [6, 6.07) is 3.44. The number of hydrogen-bond donors (Lipinski definition) is 1. The highest BCUT2D eigenvalue weighted by atomic mass is 32.2. The van der Waals surface area contributed by atoms with Gasteiger partial charge >= 0.3 is 15.1 Å². The van der Waals surface area contributed by atoms with Crippen LogP contribution in [0.25, 0.3) is 6.08 Å². The second kappa shape index (κ2) is 8.52. The van der Waals surface area contributed by atoms with Crippen molar-refractivity contribution in [2.24, 2.45) is 0 Å². The van der Waals surface area contributed by atoms with Crippen LogP contribution in [-0.4, -0.2) is 27.6 Å². The fourth-order valence-corrected chi connectivity index (χ4v) is 3.22. The molecule has 0 aliphatic heterocycles. The Balaban J connectivity index is 2.60. The Morgan fingerprint density at radius 2 is 1.47 bits per heavy atom. The minimum atomic E-state index is -5.14. The van der Waals surface area contributed by atoms with Crippen LogP contribution in [0.2, 0.25) is 0 Å². The van der Waals surface area contributed by atoms with Crippen LogP contribution in [-0.2, 0) is 10.0 Å². The van der Waals surface area contributed by atoms with E-state index in [0.717, 1.165) is 12.1 Å². The molecule has 0 amide bonds. The molecule has 8 nitrogen and oxygen atoms in total. The molecule has 0 radical (unpaired) electrons. The maximum atomic E-state index is 13.8. The zero-order valence-electron chi connectivity index (χ0n) is 15.0. The maximum absolute atomic E-state index is 13.8. The van der Waals surface area contributed by atoms with E-state index in [9.17, 15) is 40.5 Å². The van der Waals surface area contributed by atoms with E-state index in [1.54, 1.807) is 4.72 Å². The number of benzene rings is 2. The van der Waals surface area contributed by atoms with Crippen LogP contribution >= 0.6 is 0 Å². The number of ether oxygens (including phenoxy) is 2. The highest BCUT2D eigenvalue weighted by Gasteiger charge is 2.33. The summed E-state index contributed by atoms with van der Waals surface area (Å²) in [5, 5.41) is 9.32. The van der Waals surface area contributed by atoms with Gasteiger partial charge in [-0.1, -0.05) is 0 Å². The number of hydrogen-bond acceptors (Lipinski definition) is 6. The zero-order valence-corrected chi connectivity index (χ0v) is 15.8. The number of nitrogens with one attached hydrogen (secondary N) is 1. The number of anilines is 1. The van der Waals surface area contributed by atoms with Crippen LogP contribution in [0, 0.1) is 39.2 Å². The molecule has 0 spiro atoms. The summed E-state index contributed by atoms with van der Waals surface area (Å²) in [4.78, 5) is 9.62. The van der Waals surface area contributed by atoms with Crippen LogP contribution in [0.4, 0.5) is 27.6 Å². The molecule has 0 saturated heterocycles. The molecule has 2 aromatic rings. The van der Waals surface area contributed by atoms with Gasteiger partial charge in [0.1, 0.15) is 0 Å². The van der Waals surface area contributed by atoms with Gasteiger partial charge in [0.05, 0.1) is 30.4 Å². The minimum Gasteiger partial charge on any atom is -0.493 e. The molecule has 0 bridgehead atoms. The Morgan fingerprint density at radius 1 is 0.967 bits per heavy atom. The second-order valence-electron chi connectivity index (χ2n) is 5.40. The minimum absolute atomic E-state index is 0.0316. The van der Waals surface area contributed by atoms with Crippen LogP contribution in [0.3, 0.4) is 0 Å². The van der Waals surface area contributed by atoms with E-state index in [0.29, 0.717) is 0 Å². The van der Waals surface area contributed by atoms with Gasteiger partial charge in [-0.15, -0.1) is 0 Å². The topological polar surface area (TPSA) is 108 Å². The molecule has 0 atom stereocenters. The average molecular weight is 454 g/mol. The third-order valence-electron chi connectivity index (χ3n) is 3.60.